The highest BCUT2D eigenvalue weighted by Gasteiger charge is 2.12. The second-order valence-electron chi connectivity index (χ2n) is 4.88. The van der Waals surface area contributed by atoms with Crippen LogP contribution in [0.3, 0.4) is 0 Å². The van der Waals surface area contributed by atoms with Gasteiger partial charge in [0.05, 0.1) is 0 Å². The Kier molecular flexibility index (Phi) is 5.28. The molecule has 0 aliphatic heterocycles. The lowest BCUT2D eigenvalue weighted by Gasteiger charge is -2.18. The molecular formula is C17H19F2NO. The molecule has 2 nitrogen and oxygen atoms in total. The van der Waals surface area contributed by atoms with Crippen LogP contribution in [0.4, 0.5) is 8.78 Å². The zero-order valence-electron chi connectivity index (χ0n) is 12.2. The van der Waals surface area contributed by atoms with Crippen LogP contribution in [-0.4, -0.2) is 6.54 Å². The lowest BCUT2D eigenvalue weighted by molar-refractivity contribution is 0.298. The van der Waals surface area contributed by atoms with Crippen molar-refractivity contribution in [2.24, 2.45) is 0 Å². The van der Waals surface area contributed by atoms with Crippen molar-refractivity contribution in [1.29, 1.82) is 0 Å². The van der Waals surface area contributed by atoms with E-state index in [1.165, 1.54) is 24.3 Å². The van der Waals surface area contributed by atoms with Crippen LogP contribution in [0.1, 0.15) is 31.0 Å². The highest BCUT2D eigenvalue weighted by molar-refractivity contribution is 5.36. The molecule has 0 fully saturated rings. The van der Waals surface area contributed by atoms with Crippen LogP contribution in [0.15, 0.2) is 42.5 Å². The first-order chi connectivity index (χ1) is 10.1. The summed E-state index contributed by atoms with van der Waals surface area (Å²) in [5.74, 6) is -0.115. The molecule has 0 saturated heterocycles. The molecule has 0 aromatic heterocycles. The molecule has 112 valence electrons. The molecule has 0 saturated carbocycles. The molecular weight excluding hydrogens is 272 g/mol. The number of ether oxygens (including phenoxy) is 1. The minimum atomic E-state index is -0.337. The summed E-state index contributed by atoms with van der Waals surface area (Å²) in [7, 11) is 0. The minimum absolute atomic E-state index is 0.0683. The van der Waals surface area contributed by atoms with Gasteiger partial charge in [0.1, 0.15) is 24.0 Å². The zero-order valence-corrected chi connectivity index (χ0v) is 12.2. The monoisotopic (exact) mass is 291 g/mol. The zero-order chi connectivity index (χ0) is 15.2. The highest BCUT2D eigenvalue weighted by atomic mass is 19.1. The van der Waals surface area contributed by atoms with Crippen molar-refractivity contribution >= 4 is 0 Å². The number of benzene rings is 2. The van der Waals surface area contributed by atoms with E-state index in [2.05, 4.69) is 5.32 Å². The van der Waals surface area contributed by atoms with E-state index in [1.807, 2.05) is 13.8 Å². The molecule has 0 bridgehead atoms. The van der Waals surface area contributed by atoms with E-state index in [9.17, 15) is 8.78 Å². The predicted molar refractivity (Wildman–Crippen MR) is 79.2 cm³/mol. The molecule has 0 spiro atoms. The summed E-state index contributed by atoms with van der Waals surface area (Å²) in [6.07, 6.45) is 0. The second-order valence-corrected chi connectivity index (χ2v) is 4.88. The van der Waals surface area contributed by atoms with Gasteiger partial charge >= 0.3 is 0 Å². The predicted octanol–water partition coefficient (Wildman–Crippen LogP) is 4.21. The molecule has 0 aliphatic rings. The van der Waals surface area contributed by atoms with Gasteiger partial charge < -0.3 is 10.1 Å². The third-order valence-corrected chi connectivity index (χ3v) is 3.26. The molecule has 2 rings (SSSR count). The SMILES string of the molecule is CCNC(C)c1ccc(F)cc1OCc1ccc(F)cc1. The molecule has 0 heterocycles. The standard InChI is InChI=1S/C17H19F2NO/c1-3-20-12(2)16-9-8-15(19)10-17(16)21-11-13-4-6-14(18)7-5-13/h4-10,12,20H,3,11H2,1-2H3. The number of halogens is 2. The van der Waals surface area contributed by atoms with Crippen molar-refractivity contribution in [1.82, 2.24) is 5.32 Å². The van der Waals surface area contributed by atoms with E-state index >= 15 is 0 Å². The van der Waals surface area contributed by atoms with Gasteiger partial charge in [-0.15, -0.1) is 0 Å². The fourth-order valence-corrected chi connectivity index (χ4v) is 2.15. The summed E-state index contributed by atoms with van der Waals surface area (Å²) in [4.78, 5) is 0. The summed E-state index contributed by atoms with van der Waals surface area (Å²) in [5.41, 5.74) is 1.74. The number of hydrogen-bond donors (Lipinski definition) is 1. The van der Waals surface area contributed by atoms with Gasteiger partial charge in [-0.25, -0.2) is 8.78 Å². The first-order valence-corrected chi connectivity index (χ1v) is 7.00. The van der Waals surface area contributed by atoms with E-state index < -0.39 is 0 Å². The average Bonchev–Trinajstić information content (AvgIpc) is 2.47. The normalized spacial score (nSPS) is 12.2. The van der Waals surface area contributed by atoms with Gasteiger partial charge in [-0.1, -0.05) is 25.1 Å². The Bertz CT molecular complexity index is 584. The number of hydrogen-bond acceptors (Lipinski definition) is 2. The molecule has 1 N–H and O–H groups in total. The maximum atomic E-state index is 13.4. The minimum Gasteiger partial charge on any atom is -0.488 e. The Hall–Kier alpha value is -1.94. The quantitative estimate of drug-likeness (QED) is 0.860. The lowest BCUT2D eigenvalue weighted by atomic mass is 10.1. The van der Waals surface area contributed by atoms with Crippen molar-refractivity contribution in [2.75, 3.05) is 6.54 Å². The molecule has 0 aliphatic carbocycles. The van der Waals surface area contributed by atoms with E-state index in [1.54, 1.807) is 18.2 Å². The first kappa shape index (κ1) is 15.4. The Morgan fingerprint density at radius 2 is 1.71 bits per heavy atom. The fourth-order valence-electron chi connectivity index (χ4n) is 2.15. The molecule has 4 heteroatoms. The Morgan fingerprint density at radius 3 is 2.38 bits per heavy atom. The summed E-state index contributed by atoms with van der Waals surface area (Å²) < 4.78 is 32.0. The first-order valence-electron chi connectivity index (χ1n) is 7.00. The highest BCUT2D eigenvalue weighted by Crippen LogP contribution is 2.27. The molecule has 2 aromatic rings. The largest absolute Gasteiger partial charge is 0.488 e. The van der Waals surface area contributed by atoms with Crippen LogP contribution < -0.4 is 10.1 Å². The average molecular weight is 291 g/mol. The third-order valence-electron chi connectivity index (χ3n) is 3.26. The van der Waals surface area contributed by atoms with Gasteiger partial charge in [0.25, 0.3) is 0 Å². The van der Waals surface area contributed by atoms with Gasteiger partial charge in [-0.2, -0.15) is 0 Å². The van der Waals surface area contributed by atoms with Gasteiger partial charge in [0.2, 0.25) is 0 Å². The summed E-state index contributed by atoms with van der Waals surface area (Å²) in [5, 5.41) is 3.28. The van der Waals surface area contributed by atoms with Gasteiger partial charge in [0, 0.05) is 17.7 Å². The molecule has 1 atom stereocenters. The van der Waals surface area contributed by atoms with Crippen molar-refractivity contribution in [3.63, 3.8) is 0 Å². The van der Waals surface area contributed by atoms with Gasteiger partial charge in [-0.05, 0) is 37.2 Å². The summed E-state index contributed by atoms with van der Waals surface area (Å²) >= 11 is 0. The molecule has 1 unspecified atom stereocenters. The van der Waals surface area contributed by atoms with Crippen molar-refractivity contribution in [2.45, 2.75) is 26.5 Å². The molecule has 2 aromatic carbocycles. The number of nitrogens with one attached hydrogen (secondary N) is 1. The molecule has 21 heavy (non-hydrogen) atoms. The van der Waals surface area contributed by atoms with Crippen molar-refractivity contribution in [3.8, 4) is 5.75 Å². The van der Waals surface area contributed by atoms with E-state index in [0.717, 1.165) is 17.7 Å². The number of rotatable bonds is 6. The van der Waals surface area contributed by atoms with E-state index in [4.69, 9.17) is 4.74 Å². The van der Waals surface area contributed by atoms with Crippen LogP contribution in [0.5, 0.6) is 5.75 Å². The van der Waals surface area contributed by atoms with Crippen LogP contribution >= 0.6 is 0 Å². The van der Waals surface area contributed by atoms with Crippen LogP contribution in [0, 0.1) is 11.6 Å². The van der Waals surface area contributed by atoms with Crippen LogP contribution in [0.2, 0.25) is 0 Å². The Morgan fingerprint density at radius 1 is 1.05 bits per heavy atom. The summed E-state index contributed by atoms with van der Waals surface area (Å²) in [6, 6.07) is 10.7. The van der Waals surface area contributed by atoms with E-state index in [-0.39, 0.29) is 24.3 Å². The smallest absolute Gasteiger partial charge is 0.127 e. The maximum Gasteiger partial charge on any atom is 0.127 e. The van der Waals surface area contributed by atoms with Crippen LogP contribution in [0.25, 0.3) is 0 Å². The van der Waals surface area contributed by atoms with Crippen LogP contribution in [-0.2, 0) is 6.61 Å². The van der Waals surface area contributed by atoms with E-state index in [0.29, 0.717) is 5.75 Å². The van der Waals surface area contributed by atoms with Gasteiger partial charge in [-0.3, -0.25) is 0 Å². The van der Waals surface area contributed by atoms with Crippen molar-refractivity contribution in [3.05, 3.63) is 65.2 Å². The maximum absolute atomic E-state index is 13.4. The fraction of sp³-hybridized carbons (Fsp3) is 0.294. The Balaban J connectivity index is 2.14. The lowest BCUT2D eigenvalue weighted by Crippen LogP contribution is -2.18. The summed E-state index contributed by atoms with van der Waals surface area (Å²) in [6.45, 7) is 5.10. The molecule has 0 amide bonds. The van der Waals surface area contributed by atoms with Crippen molar-refractivity contribution < 1.29 is 13.5 Å². The third kappa shape index (κ3) is 4.26. The topological polar surface area (TPSA) is 21.3 Å². The Labute approximate surface area is 123 Å². The van der Waals surface area contributed by atoms with Gasteiger partial charge in [0.15, 0.2) is 0 Å². The second kappa shape index (κ2) is 7.18. The molecule has 0 radical (unpaired) electrons.